The Balaban J connectivity index is 1.21. The molecule has 30 heavy (non-hydrogen) atoms. The van der Waals surface area contributed by atoms with Gasteiger partial charge in [0.1, 0.15) is 12.7 Å². The van der Waals surface area contributed by atoms with Crippen LogP contribution in [0.25, 0.3) is 0 Å². The maximum atomic E-state index is 11.7. The summed E-state index contributed by atoms with van der Waals surface area (Å²) in [5.41, 5.74) is 1.48. The Hall–Kier alpha value is -2.44. The van der Waals surface area contributed by atoms with Crippen LogP contribution in [0.1, 0.15) is 36.8 Å². The normalized spacial score (nSPS) is 27.4. The number of hydrogen-bond donors (Lipinski definition) is 2. The zero-order valence-electron chi connectivity index (χ0n) is 17.0. The van der Waals surface area contributed by atoms with Gasteiger partial charge in [-0.15, -0.1) is 0 Å². The lowest BCUT2D eigenvalue weighted by Crippen LogP contribution is -2.62. The molecule has 0 aromatic heterocycles. The highest BCUT2D eigenvalue weighted by molar-refractivity contribution is 5.58. The van der Waals surface area contributed by atoms with E-state index in [2.05, 4.69) is 17.4 Å². The highest BCUT2D eigenvalue weighted by atomic mass is 16.7. The van der Waals surface area contributed by atoms with Crippen molar-refractivity contribution in [2.45, 2.75) is 49.2 Å². The van der Waals surface area contributed by atoms with Gasteiger partial charge in [-0.2, -0.15) is 0 Å². The first kappa shape index (κ1) is 18.3. The molecule has 6 nitrogen and oxygen atoms in total. The number of aliphatic hydroxyl groups is 1. The van der Waals surface area contributed by atoms with E-state index < -0.39 is 5.60 Å². The van der Waals surface area contributed by atoms with Crippen LogP contribution in [0, 0.1) is 0 Å². The lowest BCUT2D eigenvalue weighted by molar-refractivity contribution is -0.0472. The summed E-state index contributed by atoms with van der Waals surface area (Å²) in [6, 6.07) is 12.0. The van der Waals surface area contributed by atoms with Crippen molar-refractivity contribution in [2.24, 2.45) is 0 Å². The number of ether oxygens (including phenoxy) is 4. The van der Waals surface area contributed by atoms with Gasteiger partial charge in [0.2, 0.25) is 6.79 Å². The fourth-order valence-corrected chi connectivity index (χ4v) is 5.68. The van der Waals surface area contributed by atoms with Crippen LogP contribution in [0.15, 0.2) is 36.4 Å². The molecule has 2 aliphatic heterocycles. The van der Waals surface area contributed by atoms with E-state index in [1.807, 2.05) is 24.3 Å². The zero-order chi connectivity index (χ0) is 20.2. The third-order valence-corrected chi connectivity index (χ3v) is 7.29. The molecule has 2 atom stereocenters. The van der Waals surface area contributed by atoms with Crippen molar-refractivity contribution in [2.75, 3.05) is 26.5 Å². The SMILES string of the molecule is OC1(C2(CNC[C@@H]3COc4ccccc4O3)Cc3cc4c(cc32)OCO4)CCCC1. The molecule has 1 unspecified atom stereocenters. The Morgan fingerprint density at radius 3 is 2.57 bits per heavy atom. The maximum absolute atomic E-state index is 11.7. The fraction of sp³-hybridized carbons (Fsp3) is 0.500. The van der Waals surface area contributed by atoms with Gasteiger partial charge in [0.15, 0.2) is 23.0 Å². The van der Waals surface area contributed by atoms with Gasteiger partial charge in [-0.3, -0.25) is 0 Å². The molecule has 6 heteroatoms. The van der Waals surface area contributed by atoms with Crippen LogP contribution in [0.4, 0.5) is 0 Å². The van der Waals surface area contributed by atoms with Crippen molar-refractivity contribution in [3.63, 3.8) is 0 Å². The van der Waals surface area contributed by atoms with E-state index in [9.17, 15) is 5.11 Å². The summed E-state index contributed by atoms with van der Waals surface area (Å²) in [7, 11) is 0. The Kier molecular flexibility index (Phi) is 4.15. The molecular weight excluding hydrogens is 382 g/mol. The summed E-state index contributed by atoms with van der Waals surface area (Å²) in [4.78, 5) is 0. The van der Waals surface area contributed by atoms with Gasteiger partial charge < -0.3 is 29.4 Å². The van der Waals surface area contributed by atoms with E-state index in [-0.39, 0.29) is 18.3 Å². The second-order valence-electron chi connectivity index (χ2n) is 8.99. The Labute approximate surface area is 176 Å². The van der Waals surface area contributed by atoms with Gasteiger partial charge in [0.05, 0.1) is 5.60 Å². The number of nitrogens with one attached hydrogen (secondary N) is 1. The molecule has 2 aliphatic carbocycles. The monoisotopic (exact) mass is 409 g/mol. The molecule has 0 radical (unpaired) electrons. The van der Waals surface area contributed by atoms with Crippen LogP contribution in [-0.4, -0.2) is 43.3 Å². The number of para-hydroxylation sites is 2. The maximum Gasteiger partial charge on any atom is 0.231 e. The van der Waals surface area contributed by atoms with E-state index in [1.54, 1.807) is 0 Å². The average Bonchev–Trinajstić information content (AvgIpc) is 3.40. The number of benzene rings is 2. The molecule has 0 spiro atoms. The molecular formula is C24H27NO5. The van der Waals surface area contributed by atoms with Crippen molar-refractivity contribution in [1.82, 2.24) is 5.32 Å². The summed E-state index contributed by atoms with van der Waals surface area (Å²) in [5.74, 6) is 3.20. The Morgan fingerprint density at radius 2 is 1.73 bits per heavy atom. The second kappa shape index (κ2) is 6.79. The fourth-order valence-electron chi connectivity index (χ4n) is 5.68. The first-order valence-electron chi connectivity index (χ1n) is 10.9. The van der Waals surface area contributed by atoms with Crippen molar-refractivity contribution in [1.29, 1.82) is 0 Å². The van der Waals surface area contributed by atoms with Crippen LogP contribution in [-0.2, 0) is 11.8 Å². The zero-order valence-corrected chi connectivity index (χ0v) is 17.0. The molecule has 2 aromatic rings. The lowest BCUT2D eigenvalue weighted by Gasteiger charge is -2.53. The molecule has 4 aliphatic rings. The molecule has 1 saturated carbocycles. The Bertz CT molecular complexity index is 970. The number of rotatable bonds is 5. The van der Waals surface area contributed by atoms with Crippen LogP contribution in [0.3, 0.4) is 0 Å². The summed E-state index contributed by atoms with van der Waals surface area (Å²) in [6.45, 7) is 2.18. The summed E-state index contributed by atoms with van der Waals surface area (Å²) >= 11 is 0. The van der Waals surface area contributed by atoms with Gasteiger partial charge in [0.25, 0.3) is 0 Å². The molecule has 2 heterocycles. The molecule has 1 fully saturated rings. The third-order valence-electron chi connectivity index (χ3n) is 7.29. The molecule has 6 rings (SSSR count). The van der Waals surface area contributed by atoms with Gasteiger partial charge in [0, 0.05) is 18.5 Å². The minimum absolute atomic E-state index is 0.0496. The van der Waals surface area contributed by atoms with Crippen LogP contribution in [0.5, 0.6) is 23.0 Å². The first-order valence-corrected chi connectivity index (χ1v) is 10.9. The van der Waals surface area contributed by atoms with Crippen LogP contribution < -0.4 is 24.3 Å². The second-order valence-corrected chi connectivity index (χ2v) is 8.99. The average molecular weight is 409 g/mol. The highest BCUT2D eigenvalue weighted by Gasteiger charge is 2.58. The van der Waals surface area contributed by atoms with Crippen molar-refractivity contribution < 1.29 is 24.1 Å². The van der Waals surface area contributed by atoms with Gasteiger partial charge >= 0.3 is 0 Å². The standard InChI is InChI=1S/C24H27NO5/c26-24(7-3-4-8-24)23(11-16-9-21-22(10-18(16)23)29-15-28-21)14-25-12-17-13-27-19-5-1-2-6-20(19)30-17/h1-2,5-6,9-10,17,25-26H,3-4,7-8,11-15H2/t17-,23?/m1/s1. The predicted octanol–water partition coefficient (Wildman–Crippen LogP) is 2.94. The predicted molar refractivity (Wildman–Crippen MR) is 111 cm³/mol. The van der Waals surface area contributed by atoms with Crippen LogP contribution in [0.2, 0.25) is 0 Å². The molecule has 158 valence electrons. The number of fused-ring (bicyclic) bond motifs is 3. The lowest BCUT2D eigenvalue weighted by atomic mass is 9.54. The van der Waals surface area contributed by atoms with E-state index in [0.29, 0.717) is 19.7 Å². The first-order chi connectivity index (χ1) is 14.7. The van der Waals surface area contributed by atoms with E-state index in [1.165, 1.54) is 11.1 Å². The smallest absolute Gasteiger partial charge is 0.231 e. The van der Waals surface area contributed by atoms with E-state index in [0.717, 1.165) is 55.1 Å². The minimum Gasteiger partial charge on any atom is -0.486 e. The highest BCUT2D eigenvalue weighted by Crippen LogP contribution is 2.56. The van der Waals surface area contributed by atoms with Crippen molar-refractivity contribution >= 4 is 0 Å². The molecule has 0 bridgehead atoms. The molecule has 2 aromatic carbocycles. The van der Waals surface area contributed by atoms with Gasteiger partial charge in [-0.25, -0.2) is 0 Å². The Morgan fingerprint density at radius 1 is 0.967 bits per heavy atom. The minimum atomic E-state index is -0.683. The number of hydrogen-bond acceptors (Lipinski definition) is 6. The summed E-state index contributed by atoms with van der Waals surface area (Å²) in [6.07, 6.45) is 4.65. The van der Waals surface area contributed by atoms with Gasteiger partial charge in [-0.1, -0.05) is 25.0 Å². The van der Waals surface area contributed by atoms with Gasteiger partial charge in [-0.05, 0) is 54.7 Å². The summed E-state index contributed by atoms with van der Waals surface area (Å²) < 4.78 is 23.1. The van der Waals surface area contributed by atoms with Crippen molar-refractivity contribution in [3.05, 3.63) is 47.5 Å². The van der Waals surface area contributed by atoms with Crippen LogP contribution >= 0.6 is 0 Å². The quantitative estimate of drug-likeness (QED) is 0.792. The molecule has 0 amide bonds. The largest absolute Gasteiger partial charge is 0.486 e. The summed E-state index contributed by atoms with van der Waals surface area (Å²) in [5, 5.41) is 15.3. The topological polar surface area (TPSA) is 69.2 Å². The molecule has 0 saturated heterocycles. The third kappa shape index (κ3) is 2.70. The van der Waals surface area contributed by atoms with Crippen molar-refractivity contribution in [3.8, 4) is 23.0 Å². The van der Waals surface area contributed by atoms with E-state index in [4.69, 9.17) is 18.9 Å². The van der Waals surface area contributed by atoms with E-state index >= 15 is 0 Å². The molecule has 2 N–H and O–H groups in total.